The van der Waals surface area contributed by atoms with Crippen LogP contribution in [0.2, 0.25) is 5.02 Å². The van der Waals surface area contributed by atoms with E-state index in [1.54, 1.807) is 43.3 Å². The molecule has 0 saturated carbocycles. The maximum atomic E-state index is 13.7. The lowest BCUT2D eigenvalue weighted by atomic mass is 9.75. The van der Waals surface area contributed by atoms with Crippen LogP contribution in [0.3, 0.4) is 0 Å². The van der Waals surface area contributed by atoms with Crippen LogP contribution in [0.4, 0.5) is 0 Å². The first kappa shape index (κ1) is 24.9. The maximum absolute atomic E-state index is 13.7. The topological polar surface area (TPSA) is 66.9 Å². The van der Waals surface area contributed by atoms with Crippen molar-refractivity contribution in [3.63, 3.8) is 0 Å². The molecule has 3 aromatic rings. The second-order valence-electron chi connectivity index (χ2n) is 9.00. The molecule has 0 bridgehead atoms. The van der Waals surface area contributed by atoms with E-state index in [9.17, 15) is 14.4 Å². The van der Waals surface area contributed by atoms with Gasteiger partial charge in [0.25, 0.3) is 0 Å². The smallest absolute Gasteiger partial charge is 0.240 e. The third-order valence-corrected chi connectivity index (χ3v) is 7.02. The van der Waals surface area contributed by atoms with Gasteiger partial charge in [0.05, 0.1) is 5.41 Å². The van der Waals surface area contributed by atoms with Gasteiger partial charge < -0.3 is 9.64 Å². The molecule has 0 aromatic heterocycles. The molecule has 4 rings (SSSR count). The standard InChI is InChI=1S/C28H29ClN2O4/c1-30(19-21-11-7-10-20-9-3-4-12-22(20)21)25(32)17-28(23-13-5-6-14-24(23)29)18-26(33)31(27(28)34)15-8-16-35-2/h3-7,9-14H,8,15-19H2,1-2H3. The molecule has 0 radical (unpaired) electrons. The fraction of sp³-hybridized carbons (Fsp3) is 0.321. The highest BCUT2D eigenvalue weighted by molar-refractivity contribution is 6.32. The first-order valence-electron chi connectivity index (χ1n) is 11.7. The minimum absolute atomic E-state index is 0.0869. The molecule has 6 nitrogen and oxygen atoms in total. The number of hydrogen-bond donors (Lipinski definition) is 0. The Morgan fingerprint density at radius 1 is 1.06 bits per heavy atom. The number of nitrogens with zero attached hydrogens (tertiary/aromatic N) is 2. The highest BCUT2D eigenvalue weighted by atomic mass is 35.5. The van der Waals surface area contributed by atoms with Crippen LogP contribution < -0.4 is 0 Å². The number of halogens is 1. The van der Waals surface area contributed by atoms with Gasteiger partial charge in [-0.3, -0.25) is 19.3 Å². The summed E-state index contributed by atoms with van der Waals surface area (Å²) in [5.41, 5.74) is 0.203. The Hall–Kier alpha value is -3.22. The van der Waals surface area contributed by atoms with E-state index in [0.29, 0.717) is 30.2 Å². The average Bonchev–Trinajstić information content (AvgIpc) is 3.09. The molecule has 0 aliphatic carbocycles. The van der Waals surface area contributed by atoms with E-state index < -0.39 is 5.41 Å². The fourth-order valence-electron chi connectivity index (χ4n) is 4.85. The largest absolute Gasteiger partial charge is 0.385 e. The molecule has 1 atom stereocenters. The normalized spacial score (nSPS) is 17.9. The van der Waals surface area contributed by atoms with Gasteiger partial charge in [-0.2, -0.15) is 0 Å². The first-order valence-corrected chi connectivity index (χ1v) is 12.0. The van der Waals surface area contributed by atoms with Crippen molar-refractivity contribution >= 4 is 40.1 Å². The number of likely N-dealkylation sites (tertiary alicyclic amines) is 1. The van der Waals surface area contributed by atoms with Crippen LogP contribution in [-0.4, -0.2) is 54.8 Å². The molecule has 1 saturated heterocycles. The van der Waals surface area contributed by atoms with E-state index in [-0.39, 0.29) is 37.1 Å². The Morgan fingerprint density at radius 2 is 1.77 bits per heavy atom. The molecule has 0 spiro atoms. The quantitative estimate of drug-likeness (QED) is 0.324. The molecule has 3 aromatic carbocycles. The molecular formula is C28H29ClN2O4. The zero-order chi connectivity index (χ0) is 25.0. The van der Waals surface area contributed by atoms with Crippen molar-refractivity contribution in [1.29, 1.82) is 0 Å². The Bertz CT molecular complexity index is 1260. The minimum Gasteiger partial charge on any atom is -0.385 e. The Kier molecular flexibility index (Phi) is 7.53. The number of methoxy groups -OCH3 is 1. The van der Waals surface area contributed by atoms with Crippen LogP contribution in [0.5, 0.6) is 0 Å². The van der Waals surface area contributed by atoms with E-state index in [0.717, 1.165) is 16.3 Å². The number of carbonyl (C=O) groups excluding carboxylic acids is 3. The van der Waals surface area contributed by atoms with E-state index in [4.69, 9.17) is 16.3 Å². The van der Waals surface area contributed by atoms with Crippen LogP contribution in [0.1, 0.15) is 30.4 Å². The number of benzene rings is 3. The Balaban J connectivity index is 1.62. The first-order chi connectivity index (χ1) is 16.9. The van der Waals surface area contributed by atoms with Gasteiger partial charge in [0.15, 0.2) is 0 Å². The van der Waals surface area contributed by atoms with Crippen LogP contribution in [0, 0.1) is 0 Å². The SMILES string of the molecule is COCCCN1C(=O)CC(CC(=O)N(C)Cc2cccc3ccccc23)(c2ccccc2Cl)C1=O. The number of fused-ring (bicyclic) bond motifs is 1. The molecule has 7 heteroatoms. The summed E-state index contributed by atoms with van der Waals surface area (Å²) in [7, 11) is 3.30. The lowest BCUT2D eigenvalue weighted by molar-refractivity contribution is -0.142. The lowest BCUT2D eigenvalue weighted by Gasteiger charge is -2.30. The number of carbonyl (C=O) groups is 3. The monoisotopic (exact) mass is 492 g/mol. The predicted molar refractivity (Wildman–Crippen MR) is 136 cm³/mol. The predicted octanol–water partition coefficient (Wildman–Crippen LogP) is 4.58. The van der Waals surface area contributed by atoms with Crippen LogP contribution >= 0.6 is 11.6 Å². The molecule has 35 heavy (non-hydrogen) atoms. The highest BCUT2D eigenvalue weighted by Gasteiger charge is 2.54. The van der Waals surface area contributed by atoms with Crippen molar-refractivity contribution in [2.75, 3.05) is 27.3 Å². The van der Waals surface area contributed by atoms with Gasteiger partial charge >= 0.3 is 0 Å². The third kappa shape index (κ3) is 4.95. The summed E-state index contributed by atoms with van der Waals surface area (Å²) in [6.45, 7) is 1.07. The van der Waals surface area contributed by atoms with Crippen molar-refractivity contribution in [3.8, 4) is 0 Å². The Morgan fingerprint density at radius 3 is 2.54 bits per heavy atom. The zero-order valence-electron chi connectivity index (χ0n) is 20.0. The summed E-state index contributed by atoms with van der Waals surface area (Å²) in [4.78, 5) is 43.1. The van der Waals surface area contributed by atoms with Gasteiger partial charge in [0.1, 0.15) is 0 Å². The summed E-state index contributed by atoms with van der Waals surface area (Å²) >= 11 is 6.51. The van der Waals surface area contributed by atoms with Crippen molar-refractivity contribution in [1.82, 2.24) is 9.80 Å². The molecule has 3 amide bonds. The van der Waals surface area contributed by atoms with Crippen molar-refractivity contribution in [2.45, 2.75) is 31.2 Å². The number of amides is 3. The molecule has 1 fully saturated rings. The number of rotatable bonds is 9. The Labute approximate surface area is 210 Å². The third-order valence-electron chi connectivity index (χ3n) is 6.69. The van der Waals surface area contributed by atoms with Gasteiger partial charge in [0.2, 0.25) is 17.7 Å². The maximum Gasteiger partial charge on any atom is 0.240 e. The molecule has 1 aliphatic heterocycles. The zero-order valence-corrected chi connectivity index (χ0v) is 20.8. The molecule has 182 valence electrons. The molecule has 1 unspecified atom stereocenters. The van der Waals surface area contributed by atoms with E-state index >= 15 is 0 Å². The molecular weight excluding hydrogens is 464 g/mol. The van der Waals surface area contributed by atoms with E-state index in [1.165, 1.54) is 4.90 Å². The second kappa shape index (κ2) is 10.6. The van der Waals surface area contributed by atoms with Crippen molar-refractivity contribution in [2.24, 2.45) is 0 Å². The number of ether oxygens (including phenoxy) is 1. The summed E-state index contributed by atoms with van der Waals surface area (Å²) < 4.78 is 5.08. The van der Waals surface area contributed by atoms with Crippen LogP contribution in [0.15, 0.2) is 66.7 Å². The number of imide groups is 1. The van der Waals surface area contributed by atoms with Crippen LogP contribution in [0.25, 0.3) is 10.8 Å². The van der Waals surface area contributed by atoms with E-state index in [1.807, 2.05) is 42.5 Å². The highest BCUT2D eigenvalue weighted by Crippen LogP contribution is 2.43. The van der Waals surface area contributed by atoms with Gasteiger partial charge in [0, 0.05) is 51.7 Å². The summed E-state index contributed by atoms with van der Waals surface area (Å²) in [6.07, 6.45) is 0.307. The van der Waals surface area contributed by atoms with Gasteiger partial charge in [-0.05, 0) is 34.4 Å². The van der Waals surface area contributed by atoms with Crippen molar-refractivity contribution < 1.29 is 19.1 Å². The van der Waals surface area contributed by atoms with Crippen LogP contribution in [-0.2, 0) is 31.1 Å². The average molecular weight is 493 g/mol. The van der Waals surface area contributed by atoms with Gasteiger partial charge in [-0.1, -0.05) is 72.3 Å². The second-order valence-corrected chi connectivity index (χ2v) is 9.41. The molecule has 0 N–H and O–H groups in total. The summed E-state index contributed by atoms with van der Waals surface area (Å²) in [6, 6.07) is 21.0. The summed E-state index contributed by atoms with van der Waals surface area (Å²) in [5, 5.41) is 2.55. The minimum atomic E-state index is -1.33. The molecule has 1 heterocycles. The van der Waals surface area contributed by atoms with Gasteiger partial charge in [-0.25, -0.2) is 0 Å². The summed E-state index contributed by atoms with van der Waals surface area (Å²) in [5.74, 6) is -0.896. The molecule has 1 aliphatic rings. The van der Waals surface area contributed by atoms with E-state index in [2.05, 4.69) is 0 Å². The number of hydrogen-bond acceptors (Lipinski definition) is 4. The lowest BCUT2D eigenvalue weighted by Crippen LogP contribution is -2.43. The fourth-order valence-corrected chi connectivity index (χ4v) is 5.17. The van der Waals surface area contributed by atoms with Crippen molar-refractivity contribution in [3.05, 3.63) is 82.9 Å². The van der Waals surface area contributed by atoms with Gasteiger partial charge in [-0.15, -0.1) is 0 Å².